The summed E-state index contributed by atoms with van der Waals surface area (Å²) in [5.41, 5.74) is 2.26. The second-order valence-electron chi connectivity index (χ2n) is 6.90. The van der Waals surface area contributed by atoms with Crippen LogP contribution in [-0.4, -0.2) is 30.5 Å². The maximum Gasteiger partial charge on any atom is 0.258 e. The normalized spacial score (nSPS) is 11.3. The highest BCUT2D eigenvalue weighted by Crippen LogP contribution is 2.22. The third-order valence-electron chi connectivity index (χ3n) is 4.41. The van der Waals surface area contributed by atoms with Crippen LogP contribution < -0.4 is 5.32 Å². The second kappa shape index (κ2) is 7.75. The first-order chi connectivity index (χ1) is 13.9. The molecule has 4 aromatic rings. The SMILES string of the molecule is CC(C)n1cc2ncc(C(=O)Nc3nn(Cc4ccccc4F)cc3Br)cc2n1. The Morgan fingerprint density at radius 1 is 1.21 bits per heavy atom. The summed E-state index contributed by atoms with van der Waals surface area (Å²) in [6.45, 7) is 4.30. The predicted octanol–water partition coefficient (Wildman–Crippen LogP) is 4.41. The van der Waals surface area contributed by atoms with Gasteiger partial charge >= 0.3 is 0 Å². The summed E-state index contributed by atoms with van der Waals surface area (Å²) in [7, 11) is 0. The molecule has 0 aliphatic carbocycles. The number of anilines is 1. The number of fused-ring (bicyclic) bond motifs is 1. The number of nitrogens with one attached hydrogen (secondary N) is 1. The van der Waals surface area contributed by atoms with Crippen molar-refractivity contribution < 1.29 is 9.18 Å². The van der Waals surface area contributed by atoms with Gasteiger partial charge in [-0.15, -0.1) is 0 Å². The molecule has 1 N–H and O–H groups in total. The number of carbonyl (C=O) groups is 1. The summed E-state index contributed by atoms with van der Waals surface area (Å²) in [6, 6.07) is 8.40. The van der Waals surface area contributed by atoms with Gasteiger partial charge in [-0.25, -0.2) is 4.39 Å². The molecule has 0 unspecified atom stereocenters. The van der Waals surface area contributed by atoms with Crippen molar-refractivity contribution in [1.82, 2.24) is 24.5 Å². The van der Waals surface area contributed by atoms with E-state index in [2.05, 4.69) is 36.4 Å². The number of nitrogens with zero attached hydrogens (tertiary/aromatic N) is 5. The highest BCUT2D eigenvalue weighted by Gasteiger charge is 2.15. The molecule has 1 aromatic carbocycles. The Hall–Kier alpha value is -3.07. The molecule has 0 radical (unpaired) electrons. The Morgan fingerprint density at radius 3 is 2.76 bits per heavy atom. The molecule has 3 aromatic heterocycles. The third-order valence-corrected chi connectivity index (χ3v) is 4.99. The number of benzene rings is 1. The predicted molar refractivity (Wildman–Crippen MR) is 111 cm³/mol. The van der Waals surface area contributed by atoms with Crippen molar-refractivity contribution in [2.75, 3.05) is 5.32 Å². The monoisotopic (exact) mass is 456 g/mol. The third kappa shape index (κ3) is 4.04. The fourth-order valence-corrected chi connectivity index (χ4v) is 3.27. The van der Waals surface area contributed by atoms with Crippen molar-refractivity contribution in [2.24, 2.45) is 0 Å². The van der Waals surface area contributed by atoms with E-state index < -0.39 is 0 Å². The molecule has 29 heavy (non-hydrogen) atoms. The quantitative estimate of drug-likeness (QED) is 0.482. The van der Waals surface area contributed by atoms with Crippen molar-refractivity contribution in [3.05, 3.63) is 70.3 Å². The summed E-state index contributed by atoms with van der Waals surface area (Å²) >= 11 is 3.39. The summed E-state index contributed by atoms with van der Waals surface area (Å²) in [5, 5.41) is 11.5. The van der Waals surface area contributed by atoms with Gasteiger partial charge in [-0.1, -0.05) is 18.2 Å². The molecule has 0 saturated carbocycles. The molecule has 148 valence electrons. The van der Waals surface area contributed by atoms with E-state index in [1.807, 2.05) is 20.0 Å². The molecule has 0 aliphatic rings. The van der Waals surface area contributed by atoms with Gasteiger partial charge in [0.15, 0.2) is 5.82 Å². The van der Waals surface area contributed by atoms with Gasteiger partial charge in [-0.2, -0.15) is 10.2 Å². The van der Waals surface area contributed by atoms with Crippen LogP contribution in [-0.2, 0) is 6.54 Å². The number of rotatable bonds is 5. The first-order valence-electron chi connectivity index (χ1n) is 9.03. The minimum absolute atomic E-state index is 0.204. The van der Waals surface area contributed by atoms with Crippen LogP contribution >= 0.6 is 15.9 Å². The molecule has 0 spiro atoms. The molecule has 9 heteroatoms. The Labute approximate surface area is 174 Å². The summed E-state index contributed by atoms with van der Waals surface area (Å²) in [6.07, 6.45) is 5.05. The largest absolute Gasteiger partial charge is 0.304 e. The lowest BCUT2D eigenvalue weighted by Gasteiger charge is -2.04. The molecule has 3 heterocycles. The Bertz CT molecular complexity index is 1200. The van der Waals surface area contributed by atoms with Gasteiger partial charge < -0.3 is 5.32 Å². The topological polar surface area (TPSA) is 77.6 Å². The average Bonchev–Trinajstić information content (AvgIpc) is 3.26. The van der Waals surface area contributed by atoms with Crippen molar-refractivity contribution in [2.45, 2.75) is 26.4 Å². The fraction of sp³-hybridized carbons (Fsp3) is 0.200. The van der Waals surface area contributed by atoms with E-state index in [1.165, 1.54) is 12.3 Å². The standard InChI is InChI=1S/C20H18BrFN6O/c1-12(2)28-11-18-17(25-28)7-14(8-23-18)20(29)24-19-15(21)10-27(26-19)9-13-5-3-4-6-16(13)22/h3-8,10-12H,9H2,1-2H3,(H,24,26,29). The fourth-order valence-electron chi connectivity index (χ4n) is 2.85. The molecule has 4 rings (SSSR count). The van der Waals surface area contributed by atoms with E-state index in [0.717, 1.165) is 5.52 Å². The number of pyridine rings is 1. The first kappa shape index (κ1) is 19.3. The zero-order chi connectivity index (χ0) is 20.5. The van der Waals surface area contributed by atoms with E-state index in [9.17, 15) is 9.18 Å². The number of halogens is 2. The van der Waals surface area contributed by atoms with Gasteiger partial charge in [0.05, 0.1) is 22.8 Å². The van der Waals surface area contributed by atoms with E-state index in [1.54, 1.807) is 39.8 Å². The zero-order valence-corrected chi connectivity index (χ0v) is 17.4. The highest BCUT2D eigenvalue weighted by atomic mass is 79.9. The average molecular weight is 457 g/mol. The Kier molecular flexibility index (Phi) is 5.14. The summed E-state index contributed by atoms with van der Waals surface area (Å²) in [4.78, 5) is 17.0. The van der Waals surface area contributed by atoms with Crippen LogP contribution in [0, 0.1) is 5.82 Å². The van der Waals surface area contributed by atoms with Gasteiger partial charge in [0.25, 0.3) is 5.91 Å². The molecule has 0 fully saturated rings. The van der Waals surface area contributed by atoms with E-state index in [-0.39, 0.29) is 24.3 Å². The number of amides is 1. The summed E-state index contributed by atoms with van der Waals surface area (Å²) < 4.78 is 17.8. The maximum absolute atomic E-state index is 13.9. The molecule has 7 nitrogen and oxygen atoms in total. The molecule has 0 aliphatic heterocycles. The lowest BCUT2D eigenvalue weighted by molar-refractivity contribution is 0.102. The lowest BCUT2D eigenvalue weighted by atomic mass is 10.2. The molecule has 0 saturated heterocycles. The van der Waals surface area contributed by atoms with Gasteiger partial charge in [-0.3, -0.25) is 19.1 Å². The van der Waals surface area contributed by atoms with Gasteiger partial charge in [0.2, 0.25) is 0 Å². The van der Waals surface area contributed by atoms with Gasteiger partial charge in [0, 0.05) is 24.0 Å². The van der Waals surface area contributed by atoms with Crippen LogP contribution in [0.5, 0.6) is 0 Å². The van der Waals surface area contributed by atoms with Crippen LogP contribution in [0.4, 0.5) is 10.2 Å². The highest BCUT2D eigenvalue weighted by molar-refractivity contribution is 9.10. The smallest absolute Gasteiger partial charge is 0.258 e. The molecule has 1 amide bonds. The van der Waals surface area contributed by atoms with Crippen LogP contribution in [0.3, 0.4) is 0 Å². The number of aromatic nitrogens is 5. The number of hydrogen-bond acceptors (Lipinski definition) is 4. The maximum atomic E-state index is 13.9. The van der Waals surface area contributed by atoms with Crippen molar-refractivity contribution in [3.63, 3.8) is 0 Å². The van der Waals surface area contributed by atoms with Crippen LogP contribution in [0.2, 0.25) is 0 Å². The van der Waals surface area contributed by atoms with E-state index in [0.29, 0.717) is 26.9 Å². The summed E-state index contributed by atoms with van der Waals surface area (Å²) in [5.74, 6) is -0.306. The molecule has 0 bridgehead atoms. The first-order valence-corrected chi connectivity index (χ1v) is 9.82. The Morgan fingerprint density at radius 2 is 2.00 bits per heavy atom. The van der Waals surface area contributed by atoms with Crippen LogP contribution in [0.25, 0.3) is 11.0 Å². The lowest BCUT2D eigenvalue weighted by Crippen LogP contribution is -2.13. The minimum atomic E-state index is -0.352. The Balaban J connectivity index is 1.53. The minimum Gasteiger partial charge on any atom is -0.304 e. The van der Waals surface area contributed by atoms with Crippen LogP contribution in [0.15, 0.2) is 53.4 Å². The van der Waals surface area contributed by atoms with Gasteiger partial charge in [0.1, 0.15) is 16.9 Å². The van der Waals surface area contributed by atoms with Gasteiger partial charge in [-0.05, 0) is 41.9 Å². The zero-order valence-electron chi connectivity index (χ0n) is 15.8. The second-order valence-corrected chi connectivity index (χ2v) is 7.75. The molecular formula is C20H18BrFN6O. The van der Waals surface area contributed by atoms with Crippen molar-refractivity contribution >= 4 is 38.7 Å². The van der Waals surface area contributed by atoms with Crippen molar-refractivity contribution in [3.8, 4) is 0 Å². The molecular weight excluding hydrogens is 439 g/mol. The number of hydrogen-bond donors (Lipinski definition) is 1. The number of carbonyl (C=O) groups excluding carboxylic acids is 1. The van der Waals surface area contributed by atoms with E-state index in [4.69, 9.17) is 0 Å². The van der Waals surface area contributed by atoms with Crippen LogP contribution in [0.1, 0.15) is 35.8 Å². The van der Waals surface area contributed by atoms with Crippen molar-refractivity contribution in [1.29, 1.82) is 0 Å². The molecule has 0 atom stereocenters. The van der Waals surface area contributed by atoms with E-state index >= 15 is 0 Å².